The Morgan fingerprint density at radius 2 is 1.89 bits per heavy atom. The molecule has 2 aromatic carbocycles. The SMILES string of the molecule is CN(C)c1cccc(-c2nnc(SCC(=O)NCc3ccccc3)n2C)c1. The molecule has 3 rings (SSSR count). The molecular formula is C20H23N5OS. The van der Waals surface area contributed by atoms with E-state index in [1.54, 1.807) is 0 Å². The number of amides is 1. The van der Waals surface area contributed by atoms with Crippen molar-refractivity contribution in [1.29, 1.82) is 0 Å². The van der Waals surface area contributed by atoms with Gasteiger partial charge in [-0.25, -0.2) is 0 Å². The monoisotopic (exact) mass is 381 g/mol. The summed E-state index contributed by atoms with van der Waals surface area (Å²) in [5.41, 5.74) is 3.18. The van der Waals surface area contributed by atoms with Gasteiger partial charge in [-0.2, -0.15) is 0 Å². The molecule has 0 bridgehead atoms. The standard InChI is InChI=1S/C20H23N5OS/c1-24(2)17-11-7-10-16(12-17)19-22-23-20(25(19)3)27-14-18(26)21-13-15-8-5-4-6-9-15/h4-12H,13-14H2,1-3H3,(H,21,26). The zero-order chi connectivity index (χ0) is 19.2. The molecule has 6 nitrogen and oxygen atoms in total. The van der Waals surface area contributed by atoms with Crippen LogP contribution in [0.3, 0.4) is 0 Å². The lowest BCUT2D eigenvalue weighted by Gasteiger charge is -2.13. The third-order valence-corrected chi connectivity index (χ3v) is 5.14. The number of benzene rings is 2. The van der Waals surface area contributed by atoms with Crippen molar-refractivity contribution in [3.05, 3.63) is 60.2 Å². The van der Waals surface area contributed by atoms with E-state index in [-0.39, 0.29) is 5.91 Å². The summed E-state index contributed by atoms with van der Waals surface area (Å²) in [6.07, 6.45) is 0. The normalized spacial score (nSPS) is 10.6. The van der Waals surface area contributed by atoms with E-state index in [9.17, 15) is 4.79 Å². The maximum Gasteiger partial charge on any atom is 0.230 e. The van der Waals surface area contributed by atoms with Gasteiger partial charge in [0.1, 0.15) is 0 Å². The molecule has 0 spiro atoms. The second-order valence-electron chi connectivity index (χ2n) is 6.36. The summed E-state index contributed by atoms with van der Waals surface area (Å²) in [4.78, 5) is 14.2. The number of rotatable bonds is 7. The zero-order valence-corrected chi connectivity index (χ0v) is 16.5. The summed E-state index contributed by atoms with van der Waals surface area (Å²) in [6.45, 7) is 0.529. The van der Waals surface area contributed by atoms with Gasteiger partial charge in [-0.1, -0.05) is 54.2 Å². The van der Waals surface area contributed by atoms with Gasteiger partial charge in [0.25, 0.3) is 0 Å². The predicted octanol–water partition coefficient (Wildman–Crippen LogP) is 2.96. The van der Waals surface area contributed by atoms with Crippen molar-refractivity contribution in [3.63, 3.8) is 0 Å². The third kappa shape index (κ3) is 4.89. The number of thioether (sulfide) groups is 1. The number of nitrogens with one attached hydrogen (secondary N) is 1. The molecule has 0 saturated carbocycles. The Labute approximate surface area is 163 Å². The van der Waals surface area contributed by atoms with Gasteiger partial charge in [0.05, 0.1) is 5.75 Å². The third-order valence-electron chi connectivity index (χ3n) is 4.12. The number of carbonyl (C=O) groups is 1. The fourth-order valence-corrected chi connectivity index (χ4v) is 3.33. The Balaban J connectivity index is 1.60. The second-order valence-corrected chi connectivity index (χ2v) is 7.30. The van der Waals surface area contributed by atoms with Gasteiger partial charge in [0.2, 0.25) is 5.91 Å². The van der Waals surface area contributed by atoms with Crippen LogP contribution in [0.5, 0.6) is 0 Å². The van der Waals surface area contributed by atoms with E-state index in [4.69, 9.17) is 0 Å². The van der Waals surface area contributed by atoms with Crippen LogP contribution in [0, 0.1) is 0 Å². The quantitative estimate of drug-likeness (QED) is 0.638. The molecule has 0 aliphatic rings. The Morgan fingerprint density at radius 1 is 1.11 bits per heavy atom. The van der Waals surface area contributed by atoms with E-state index >= 15 is 0 Å². The highest BCUT2D eigenvalue weighted by Gasteiger charge is 2.13. The van der Waals surface area contributed by atoms with Gasteiger partial charge >= 0.3 is 0 Å². The number of hydrogen-bond donors (Lipinski definition) is 1. The van der Waals surface area contributed by atoms with Gasteiger partial charge in [-0.05, 0) is 17.7 Å². The number of hydrogen-bond acceptors (Lipinski definition) is 5. The van der Waals surface area contributed by atoms with Crippen LogP contribution in [-0.2, 0) is 18.4 Å². The molecule has 1 heterocycles. The van der Waals surface area contributed by atoms with Crippen molar-refractivity contribution in [2.24, 2.45) is 7.05 Å². The molecule has 0 aliphatic heterocycles. The van der Waals surface area contributed by atoms with Crippen LogP contribution in [0.4, 0.5) is 5.69 Å². The van der Waals surface area contributed by atoms with Crippen molar-refractivity contribution in [2.75, 3.05) is 24.7 Å². The molecule has 27 heavy (non-hydrogen) atoms. The number of aromatic nitrogens is 3. The lowest BCUT2D eigenvalue weighted by Crippen LogP contribution is -2.24. The van der Waals surface area contributed by atoms with Crippen LogP contribution in [0.15, 0.2) is 59.8 Å². The van der Waals surface area contributed by atoms with Crippen LogP contribution >= 0.6 is 11.8 Å². The van der Waals surface area contributed by atoms with Gasteiger partial charge in [0, 0.05) is 38.9 Å². The minimum Gasteiger partial charge on any atom is -0.378 e. The second kappa shape index (κ2) is 8.73. The molecule has 0 saturated heterocycles. The van der Waals surface area contributed by atoms with Crippen LogP contribution < -0.4 is 10.2 Å². The largest absolute Gasteiger partial charge is 0.378 e. The Hall–Kier alpha value is -2.80. The lowest BCUT2D eigenvalue weighted by atomic mass is 10.2. The molecule has 0 radical (unpaired) electrons. The molecule has 140 valence electrons. The molecule has 7 heteroatoms. The van der Waals surface area contributed by atoms with E-state index in [2.05, 4.69) is 21.6 Å². The topological polar surface area (TPSA) is 63.1 Å². The predicted molar refractivity (Wildman–Crippen MR) is 110 cm³/mol. The van der Waals surface area contributed by atoms with Gasteiger partial charge in [0.15, 0.2) is 11.0 Å². The minimum absolute atomic E-state index is 0.0250. The number of nitrogens with zero attached hydrogens (tertiary/aromatic N) is 4. The van der Waals surface area contributed by atoms with E-state index < -0.39 is 0 Å². The number of carbonyl (C=O) groups excluding carboxylic acids is 1. The van der Waals surface area contributed by atoms with Crippen molar-refractivity contribution >= 4 is 23.4 Å². The van der Waals surface area contributed by atoms with Crippen molar-refractivity contribution in [2.45, 2.75) is 11.7 Å². The van der Waals surface area contributed by atoms with Gasteiger partial charge in [-0.3, -0.25) is 4.79 Å². The zero-order valence-electron chi connectivity index (χ0n) is 15.7. The maximum atomic E-state index is 12.1. The first kappa shape index (κ1) is 19.0. The van der Waals surface area contributed by atoms with Crippen molar-refractivity contribution in [1.82, 2.24) is 20.1 Å². The number of anilines is 1. The molecule has 0 unspecified atom stereocenters. The first-order chi connectivity index (χ1) is 13.0. The van der Waals surface area contributed by atoms with E-state index in [0.29, 0.717) is 12.3 Å². The Kier molecular flexibility index (Phi) is 6.13. The summed E-state index contributed by atoms with van der Waals surface area (Å²) >= 11 is 1.38. The highest BCUT2D eigenvalue weighted by molar-refractivity contribution is 7.99. The molecule has 0 fully saturated rings. The summed E-state index contributed by atoms with van der Waals surface area (Å²) < 4.78 is 1.92. The first-order valence-electron chi connectivity index (χ1n) is 8.65. The van der Waals surface area contributed by atoms with Crippen molar-refractivity contribution in [3.8, 4) is 11.4 Å². The molecule has 1 amide bonds. The first-order valence-corrected chi connectivity index (χ1v) is 9.63. The summed E-state index contributed by atoms with van der Waals surface area (Å²) in [5, 5.41) is 12.2. The Morgan fingerprint density at radius 3 is 2.63 bits per heavy atom. The van der Waals surface area contributed by atoms with E-state index in [1.807, 2.05) is 79.1 Å². The maximum absolute atomic E-state index is 12.1. The average Bonchev–Trinajstić information content (AvgIpc) is 3.06. The summed E-state index contributed by atoms with van der Waals surface area (Å²) in [6, 6.07) is 18.0. The fourth-order valence-electron chi connectivity index (χ4n) is 2.59. The van der Waals surface area contributed by atoms with Gasteiger partial charge in [-0.15, -0.1) is 10.2 Å². The van der Waals surface area contributed by atoms with Crippen LogP contribution in [0.25, 0.3) is 11.4 Å². The average molecular weight is 382 g/mol. The van der Waals surface area contributed by atoms with E-state index in [0.717, 1.165) is 27.8 Å². The minimum atomic E-state index is -0.0250. The summed E-state index contributed by atoms with van der Waals surface area (Å²) in [7, 11) is 5.93. The van der Waals surface area contributed by atoms with E-state index in [1.165, 1.54) is 11.8 Å². The lowest BCUT2D eigenvalue weighted by molar-refractivity contribution is -0.118. The molecular weight excluding hydrogens is 358 g/mol. The summed E-state index contributed by atoms with van der Waals surface area (Å²) in [5.74, 6) is 1.06. The van der Waals surface area contributed by atoms with Crippen LogP contribution in [-0.4, -0.2) is 40.5 Å². The molecule has 0 aliphatic carbocycles. The Bertz CT molecular complexity index is 908. The smallest absolute Gasteiger partial charge is 0.230 e. The molecule has 1 aromatic heterocycles. The molecule has 0 atom stereocenters. The van der Waals surface area contributed by atoms with Crippen LogP contribution in [0.2, 0.25) is 0 Å². The highest BCUT2D eigenvalue weighted by atomic mass is 32.2. The van der Waals surface area contributed by atoms with Crippen LogP contribution in [0.1, 0.15) is 5.56 Å². The van der Waals surface area contributed by atoms with Gasteiger partial charge < -0.3 is 14.8 Å². The molecule has 3 aromatic rings. The highest BCUT2D eigenvalue weighted by Crippen LogP contribution is 2.25. The van der Waals surface area contributed by atoms with Crippen molar-refractivity contribution < 1.29 is 4.79 Å². The fraction of sp³-hybridized carbons (Fsp3) is 0.250. The molecule has 1 N–H and O–H groups in total.